The van der Waals surface area contributed by atoms with Crippen LogP contribution >= 0.6 is 45.2 Å². The lowest BCUT2D eigenvalue weighted by Gasteiger charge is -2.44. The van der Waals surface area contributed by atoms with Crippen LogP contribution in [0.1, 0.15) is 6.92 Å². The molecule has 0 radical (unpaired) electrons. The van der Waals surface area contributed by atoms with E-state index in [1.165, 1.54) is 29.5 Å². The molecule has 20 nitrogen and oxygen atoms in total. The highest BCUT2D eigenvalue weighted by molar-refractivity contribution is 14.1. The number of halogens is 2. The van der Waals surface area contributed by atoms with Crippen molar-refractivity contribution in [2.45, 2.75) is 125 Å². The van der Waals surface area contributed by atoms with Gasteiger partial charge in [-0.25, -0.2) is 0 Å². The molecule has 280 valence electrons. The van der Waals surface area contributed by atoms with Crippen LogP contribution in [0.3, 0.4) is 0 Å². The van der Waals surface area contributed by atoms with Gasteiger partial charge in [0, 0.05) is 18.1 Å². The van der Waals surface area contributed by atoms with Crippen molar-refractivity contribution in [2.24, 2.45) is 0 Å². The number of methoxy groups -OCH3 is 2. The molecule has 0 amide bonds. The normalized spacial score (nSPS) is 37.6. The molecular formula is C26H42I2O20. The van der Waals surface area contributed by atoms with Crippen molar-refractivity contribution in [2.75, 3.05) is 14.2 Å². The molecule has 48 heavy (non-hydrogen) atoms. The average Bonchev–Trinajstić information content (AvgIpc) is 3.07. The fourth-order valence-electron chi connectivity index (χ4n) is 4.90. The highest BCUT2D eigenvalue weighted by Gasteiger charge is 2.51. The lowest BCUT2D eigenvalue weighted by atomic mass is 9.98. The van der Waals surface area contributed by atoms with Crippen molar-refractivity contribution >= 4 is 64.0 Å². The van der Waals surface area contributed by atoms with Gasteiger partial charge in [-0.05, 0) is 0 Å². The summed E-state index contributed by atoms with van der Waals surface area (Å²) >= 11 is 3.28. The Morgan fingerprint density at radius 1 is 0.625 bits per heavy atom. The fraction of sp³-hybridized carbons (Fsp3) is 0.885. The smallest absolute Gasteiger partial charge is 0.187 e. The van der Waals surface area contributed by atoms with Crippen LogP contribution in [-0.2, 0) is 47.5 Å². The highest BCUT2D eigenvalue weighted by atomic mass is 127. The van der Waals surface area contributed by atoms with Crippen LogP contribution < -0.4 is 0 Å². The highest BCUT2D eigenvalue weighted by Crippen LogP contribution is 2.31. The molecule has 2 heterocycles. The van der Waals surface area contributed by atoms with Crippen LogP contribution in [0.15, 0.2) is 0 Å². The molecular weight excluding hydrogens is 886 g/mol. The van der Waals surface area contributed by atoms with Crippen molar-refractivity contribution in [3.05, 3.63) is 0 Å². The van der Waals surface area contributed by atoms with E-state index < -0.39 is 118 Å². The number of hydrogen-bond donors (Lipinski definition) is 10. The third kappa shape index (κ3) is 10.4. The molecule has 0 aliphatic carbocycles. The zero-order valence-electron chi connectivity index (χ0n) is 25.6. The van der Waals surface area contributed by atoms with Gasteiger partial charge in [0.25, 0.3) is 0 Å². The molecule has 10 N–H and O–H groups in total. The summed E-state index contributed by atoms with van der Waals surface area (Å²) in [7, 11) is 2.20. The summed E-state index contributed by atoms with van der Waals surface area (Å²) in [6.45, 7) is 1.53. The van der Waals surface area contributed by atoms with Crippen molar-refractivity contribution in [3.8, 4) is 0 Å². The van der Waals surface area contributed by atoms with Crippen LogP contribution in [0, 0.1) is 0 Å². The number of hydrogen-bond acceptors (Lipinski definition) is 20. The fourth-order valence-corrected chi connectivity index (χ4v) is 6.09. The predicted octanol–water partition coefficient (Wildman–Crippen LogP) is -6.00. The first-order valence-electron chi connectivity index (χ1n) is 14.3. The summed E-state index contributed by atoms with van der Waals surface area (Å²) in [5.74, 6) is 0. The van der Waals surface area contributed by atoms with Gasteiger partial charge in [-0.1, -0.05) is 52.1 Å². The van der Waals surface area contributed by atoms with Crippen LogP contribution in [-0.4, -0.2) is 203 Å². The first-order chi connectivity index (χ1) is 22.5. The SMILES string of the molecule is COC(O)C(O)C(O)C(OC1OC(C=O)C(OC(O)C(O)C(O)C(OC2OC(C=O)C(OC)C(O)C2O)C(I)C=O)C(O)C1O)C(C)I. The number of ether oxygens (including phenoxy) is 7. The molecule has 0 aromatic rings. The van der Waals surface area contributed by atoms with E-state index in [-0.39, 0.29) is 18.9 Å². The maximum absolute atomic E-state index is 11.9. The Kier molecular flexibility index (Phi) is 18.4. The second kappa shape index (κ2) is 20.1. The van der Waals surface area contributed by atoms with Crippen LogP contribution in [0.5, 0.6) is 0 Å². The quantitative estimate of drug-likeness (QED) is 0.0250. The van der Waals surface area contributed by atoms with E-state index in [4.69, 9.17) is 28.4 Å². The molecule has 2 fully saturated rings. The second-order valence-corrected chi connectivity index (χ2v) is 14.3. The minimum absolute atomic E-state index is 0.0944. The van der Waals surface area contributed by atoms with Crippen molar-refractivity contribution in [1.82, 2.24) is 0 Å². The Labute approximate surface area is 301 Å². The third-order valence-electron chi connectivity index (χ3n) is 7.68. The Balaban J connectivity index is 2.19. The van der Waals surface area contributed by atoms with Gasteiger partial charge in [0.15, 0.2) is 37.7 Å². The number of aldehydes is 3. The number of aliphatic hydroxyl groups is 10. The van der Waals surface area contributed by atoms with Gasteiger partial charge in [0.1, 0.15) is 91.7 Å². The summed E-state index contributed by atoms with van der Waals surface area (Å²) in [6, 6.07) is 0. The summed E-state index contributed by atoms with van der Waals surface area (Å²) in [4.78, 5) is 35.0. The van der Waals surface area contributed by atoms with Crippen molar-refractivity contribution in [3.63, 3.8) is 0 Å². The number of alkyl halides is 2. The monoisotopic (exact) mass is 928 g/mol. The molecule has 2 aliphatic heterocycles. The van der Waals surface area contributed by atoms with E-state index in [0.29, 0.717) is 0 Å². The van der Waals surface area contributed by atoms with E-state index in [1.807, 2.05) is 0 Å². The third-order valence-corrected chi connectivity index (χ3v) is 9.39. The predicted molar refractivity (Wildman–Crippen MR) is 169 cm³/mol. The molecule has 0 saturated carbocycles. The van der Waals surface area contributed by atoms with Gasteiger partial charge >= 0.3 is 0 Å². The van der Waals surface area contributed by atoms with Gasteiger partial charge in [-0.3, -0.25) is 0 Å². The van der Waals surface area contributed by atoms with Crippen molar-refractivity contribution < 1.29 is 98.6 Å². The van der Waals surface area contributed by atoms with Gasteiger partial charge in [0.2, 0.25) is 0 Å². The zero-order chi connectivity index (χ0) is 36.6. The zero-order valence-corrected chi connectivity index (χ0v) is 29.9. The molecule has 2 rings (SSSR count). The van der Waals surface area contributed by atoms with Crippen LogP contribution in [0.25, 0.3) is 0 Å². The molecule has 0 bridgehead atoms. The number of aliphatic hydroxyl groups excluding tert-OH is 10. The number of carbonyl (C=O) groups excluding carboxylic acids is 3. The minimum Gasteiger partial charge on any atom is -0.387 e. The molecule has 0 aromatic heterocycles. The van der Waals surface area contributed by atoms with E-state index in [2.05, 4.69) is 4.74 Å². The molecule has 2 aliphatic rings. The molecule has 20 atom stereocenters. The number of carbonyl (C=O) groups is 3. The van der Waals surface area contributed by atoms with Crippen LogP contribution in [0.2, 0.25) is 0 Å². The average molecular weight is 928 g/mol. The summed E-state index contributed by atoms with van der Waals surface area (Å²) < 4.78 is 34.5. The molecule has 20 unspecified atom stereocenters. The van der Waals surface area contributed by atoms with Crippen molar-refractivity contribution in [1.29, 1.82) is 0 Å². The molecule has 0 aromatic carbocycles. The first-order valence-corrected chi connectivity index (χ1v) is 16.8. The maximum Gasteiger partial charge on any atom is 0.187 e. The van der Waals surface area contributed by atoms with Gasteiger partial charge < -0.3 is 98.6 Å². The standard InChI is InChI=1S/C26H42I2O20/c1-7(27)19(11(32)15(36)23(40)43-3)47-25-18(39)14(35)22(10(6-31)45-25)46-24(41)16(37)12(33)20(8(28)4-29)48-26-17(38)13(34)21(42-2)9(5-30)44-26/h4-26,32-41H,1-3H3. The maximum atomic E-state index is 11.9. The lowest BCUT2D eigenvalue weighted by molar-refractivity contribution is -0.337. The number of rotatable bonds is 19. The summed E-state index contributed by atoms with van der Waals surface area (Å²) in [5, 5.41) is 105. The first kappa shape index (κ1) is 44.0. The molecule has 22 heteroatoms. The van der Waals surface area contributed by atoms with E-state index >= 15 is 0 Å². The second-order valence-electron chi connectivity index (χ2n) is 10.9. The Morgan fingerprint density at radius 3 is 1.50 bits per heavy atom. The topological polar surface area (TPSA) is 318 Å². The largest absolute Gasteiger partial charge is 0.387 e. The van der Waals surface area contributed by atoms with Crippen LogP contribution in [0.4, 0.5) is 0 Å². The van der Waals surface area contributed by atoms with Gasteiger partial charge in [0.05, 0.1) is 3.92 Å². The molecule has 0 spiro atoms. The van der Waals surface area contributed by atoms with Gasteiger partial charge in [-0.2, -0.15) is 0 Å². The van der Waals surface area contributed by atoms with E-state index in [0.717, 1.165) is 14.2 Å². The summed E-state index contributed by atoms with van der Waals surface area (Å²) in [6.07, 6.45) is -33.1. The van der Waals surface area contributed by atoms with E-state index in [1.54, 1.807) is 22.6 Å². The van der Waals surface area contributed by atoms with Gasteiger partial charge in [-0.15, -0.1) is 0 Å². The Hall–Kier alpha value is -0.210. The minimum atomic E-state index is -2.48. The Bertz CT molecular complexity index is 999. The lowest BCUT2D eigenvalue weighted by Crippen LogP contribution is -2.63. The Morgan fingerprint density at radius 2 is 1.06 bits per heavy atom. The molecule has 2 saturated heterocycles. The van der Waals surface area contributed by atoms with E-state index in [9.17, 15) is 65.4 Å². The summed E-state index contributed by atoms with van der Waals surface area (Å²) in [5.41, 5.74) is 0.